The van der Waals surface area contributed by atoms with Crippen molar-refractivity contribution in [1.82, 2.24) is 10.2 Å². The minimum atomic E-state index is -4.22. The van der Waals surface area contributed by atoms with Crippen LogP contribution in [0.5, 0.6) is 0 Å². The lowest BCUT2D eigenvalue weighted by atomic mass is 9.93. The van der Waals surface area contributed by atoms with Crippen LogP contribution in [0.25, 0.3) is 0 Å². The molecule has 20 heavy (non-hydrogen) atoms. The monoisotopic (exact) mass is 296 g/mol. The fourth-order valence-corrected chi connectivity index (χ4v) is 2.19. The van der Waals surface area contributed by atoms with Crippen molar-refractivity contribution in [2.45, 2.75) is 32.9 Å². The van der Waals surface area contributed by atoms with Gasteiger partial charge in [0.25, 0.3) is 0 Å². The zero-order valence-corrected chi connectivity index (χ0v) is 12.0. The molecular formula is C13H23F3N2O2. The molecule has 0 aromatic heterocycles. The Balaban J connectivity index is 2.44. The van der Waals surface area contributed by atoms with Crippen molar-refractivity contribution >= 4 is 5.91 Å². The molecule has 1 saturated heterocycles. The van der Waals surface area contributed by atoms with Crippen LogP contribution in [0.15, 0.2) is 0 Å². The summed E-state index contributed by atoms with van der Waals surface area (Å²) in [4.78, 5) is 13.3. The molecule has 7 heteroatoms. The lowest BCUT2D eigenvalue weighted by Crippen LogP contribution is -2.47. The van der Waals surface area contributed by atoms with Crippen molar-refractivity contribution in [3.8, 4) is 0 Å². The zero-order chi connectivity index (χ0) is 15.4. The Labute approximate surface area is 117 Å². The molecule has 0 aromatic carbocycles. The second kappa shape index (κ2) is 6.76. The highest BCUT2D eigenvalue weighted by Crippen LogP contribution is 2.22. The Morgan fingerprint density at radius 3 is 2.60 bits per heavy atom. The number of amides is 1. The van der Waals surface area contributed by atoms with E-state index in [4.69, 9.17) is 5.11 Å². The second-order valence-electron chi connectivity index (χ2n) is 6.23. The molecule has 0 radical (unpaired) electrons. The second-order valence-corrected chi connectivity index (χ2v) is 6.23. The number of carbonyl (C=O) groups excluding carboxylic acids is 1. The molecule has 1 aliphatic rings. The van der Waals surface area contributed by atoms with Gasteiger partial charge in [-0.15, -0.1) is 0 Å². The lowest BCUT2D eigenvalue weighted by molar-refractivity contribution is -0.152. The summed E-state index contributed by atoms with van der Waals surface area (Å²) in [6.07, 6.45) is -3.02. The van der Waals surface area contributed by atoms with Gasteiger partial charge < -0.3 is 10.4 Å². The van der Waals surface area contributed by atoms with Gasteiger partial charge in [-0.05, 0) is 19.4 Å². The Morgan fingerprint density at radius 2 is 2.05 bits per heavy atom. The largest absolute Gasteiger partial charge is 0.401 e. The van der Waals surface area contributed by atoms with Crippen molar-refractivity contribution in [3.05, 3.63) is 0 Å². The summed E-state index contributed by atoms with van der Waals surface area (Å²) in [6, 6.07) is 0. The van der Waals surface area contributed by atoms with Crippen LogP contribution in [0, 0.1) is 11.3 Å². The highest BCUT2D eigenvalue weighted by molar-refractivity contribution is 5.79. The first-order chi connectivity index (χ1) is 9.13. The predicted molar refractivity (Wildman–Crippen MR) is 69.1 cm³/mol. The van der Waals surface area contributed by atoms with E-state index in [1.165, 1.54) is 4.90 Å². The van der Waals surface area contributed by atoms with Gasteiger partial charge in [0.05, 0.1) is 12.5 Å². The molecule has 1 aliphatic heterocycles. The van der Waals surface area contributed by atoms with Crippen LogP contribution in [0.3, 0.4) is 0 Å². The van der Waals surface area contributed by atoms with E-state index >= 15 is 0 Å². The van der Waals surface area contributed by atoms with E-state index in [1.54, 1.807) is 0 Å². The van der Waals surface area contributed by atoms with E-state index in [0.717, 1.165) is 0 Å². The van der Waals surface area contributed by atoms with Crippen molar-refractivity contribution in [2.24, 2.45) is 11.3 Å². The quantitative estimate of drug-likeness (QED) is 0.806. The first-order valence-electron chi connectivity index (χ1n) is 6.81. The van der Waals surface area contributed by atoms with Gasteiger partial charge in [0.1, 0.15) is 0 Å². The topological polar surface area (TPSA) is 52.6 Å². The third-order valence-electron chi connectivity index (χ3n) is 3.45. The van der Waals surface area contributed by atoms with Crippen molar-refractivity contribution in [2.75, 3.05) is 32.8 Å². The molecule has 0 aliphatic carbocycles. The number of piperidine rings is 1. The molecule has 1 amide bonds. The van der Waals surface area contributed by atoms with Crippen LogP contribution < -0.4 is 5.32 Å². The smallest absolute Gasteiger partial charge is 0.396 e. The van der Waals surface area contributed by atoms with Crippen LogP contribution in [-0.2, 0) is 4.79 Å². The molecule has 1 fully saturated rings. The molecule has 2 N–H and O–H groups in total. The number of hydrogen-bond donors (Lipinski definition) is 2. The van der Waals surface area contributed by atoms with E-state index < -0.39 is 24.1 Å². The van der Waals surface area contributed by atoms with Gasteiger partial charge in [-0.2, -0.15) is 13.2 Å². The number of hydrogen-bond acceptors (Lipinski definition) is 3. The van der Waals surface area contributed by atoms with Crippen LogP contribution in [0.4, 0.5) is 13.2 Å². The van der Waals surface area contributed by atoms with Crippen molar-refractivity contribution in [3.63, 3.8) is 0 Å². The molecule has 118 valence electrons. The SMILES string of the molecule is CC(C)(CO)CNC(=O)C1CCCN(CC(F)(F)F)C1. The molecule has 0 aromatic rings. The Morgan fingerprint density at radius 1 is 1.40 bits per heavy atom. The van der Waals surface area contributed by atoms with Gasteiger partial charge >= 0.3 is 6.18 Å². The maximum Gasteiger partial charge on any atom is 0.401 e. The van der Waals surface area contributed by atoms with E-state index in [9.17, 15) is 18.0 Å². The van der Waals surface area contributed by atoms with E-state index in [1.807, 2.05) is 13.8 Å². The molecular weight excluding hydrogens is 273 g/mol. The third kappa shape index (κ3) is 6.09. The number of aliphatic hydroxyl groups excluding tert-OH is 1. The molecule has 0 spiro atoms. The number of aliphatic hydroxyl groups is 1. The minimum absolute atomic E-state index is 0.0574. The summed E-state index contributed by atoms with van der Waals surface area (Å²) >= 11 is 0. The average Bonchev–Trinajstić information content (AvgIpc) is 2.34. The molecule has 4 nitrogen and oxygen atoms in total. The Kier molecular flexibility index (Phi) is 5.82. The highest BCUT2D eigenvalue weighted by Gasteiger charge is 2.34. The van der Waals surface area contributed by atoms with Crippen LogP contribution in [-0.4, -0.2) is 54.9 Å². The number of nitrogens with one attached hydrogen (secondary N) is 1. The average molecular weight is 296 g/mol. The van der Waals surface area contributed by atoms with E-state index in [2.05, 4.69) is 5.32 Å². The van der Waals surface area contributed by atoms with Gasteiger partial charge in [-0.3, -0.25) is 9.69 Å². The fraction of sp³-hybridized carbons (Fsp3) is 0.923. The van der Waals surface area contributed by atoms with Gasteiger partial charge in [0.15, 0.2) is 0 Å². The third-order valence-corrected chi connectivity index (χ3v) is 3.45. The van der Waals surface area contributed by atoms with Crippen molar-refractivity contribution in [1.29, 1.82) is 0 Å². The fourth-order valence-electron chi connectivity index (χ4n) is 2.19. The van der Waals surface area contributed by atoms with Gasteiger partial charge in [0, 0.05) is 25.1 Å². The van der Waals surface area contributed by atoms with Crippen LogP contribution in [0.1, 0.15) is 26.7 Å². The maximum atomic E-state index is 12.3. The highest BCUT2D eigenvalue weighted by atomic mass is 19.4. The van der Waals surface area contributed by atoms with Crippen molar-refractivity contribution < 1.29 is 23.1 Å². The molecule has 1 atom stereocenters. The lowest BCUT2D eigenvalue weighted by Gasteiger charge is -2.33. The standard InChI is InChI=1S/C13H23F3N2O2/c1-12(2,9-19)7-17-11(20)10-4-3-5-18(6-10)8-13(14,15)16/h10,19H,3-9H2,1-2H3,(H,17,20). The minimum Gasteiger partial charge on any atom is -0.396 e. The Hall–Kier alpha value is -0.820. The zero-order valence-electron chi connectivity index (χ0n) is 12.0. The summed E-state index contributed by atoms with van der Waals surface area (Å²) in [6.45, 7) is 3.44. The maximum absolute atomic E-state index is 12.3. The summed E-state index contributed by atoms with van der Waals surface area (Å²) in [5.74, 6) is -0.626. The molecule has 0 saturated carbocycles. The summed E-state index contributed by atoms with van der Waals surface area (Å²) in [5, 5.41) is 11.8. The number of alkyl halides is 3. The van der Waals surface area contributed by atoms with E-state index in [0.29, 0.717) is 25.9 Å². The molecule has 0 bridgehead atoms. The number of halogens is 3. The van der Waals surface area contributed by atoms with Gasteiger partial charge in [-0.25, -0.2) is 0 Å². The van der Waals surface area contributed by atoms with Crippen LogP contribution >= 0.6 is 0 Å². The number of carbonyl (C=O) groups is 1. The first kappa shape index (κ1) is 17.2. The molecule has 1 unspecified atom stereocenters. The first-order valence-corrected chi connectivity index (χ1v) is 6.81. The van der Waals surface area contributed by atoms with E-state index in [-0.39, 0.29) is 19.1 Å². The number of rotatable bonds is 5. The summed E-state index contributed by atoms with van der Waals surface area (Å²) in [5.41, 5.74) is -0.421. The van der Waals surface area contributed by atoms with Crippen LogP contribution in [0.2, 0.25) is 0 Å². The van der Waals surface area contributed by atoms with Gasteiger partial charge in [0.2, 0.25) is 5.91 Å². The number of nitrogens with zero attached hydrogens (tertiary/aromatic N) is 1. The Bertz CT molecular complexity index is 332. The normalized spacial score (nSPS) is 21.8. The molecule has 1 heterocycles. The number of likely N-dealkylation sites (tertiary alicyclic amines) is 1. The summed E-state index contributed by atoms with van der Waals surface area (Å²) < 4.78 is 37.0. The van der Waals surface area contributed by atoms with Gasteiger partial charge in [-0.1, -0.05) is 13.8 Å². The molecule has 1 rings (SSSR count). The predicted octanol–water partition coefficient (Wildman–Crippen LogP) is 1.40. The summed E-state index contributed by atoms with van der Waals surface area (Å²) in [7, 11) is 0.